The van der Waals surface area contributed by atoms with Crippen LogP contribution in [0.4, 0.5) is 18.9 Å². The average Bonchev–Trinajstić information content (AvgIpc) is 2.82. The van der Waals surface area contributed by atoms with Crippen molar-refractivity contribution in [3.05, 3.63) is 53.6 Å². The first-order chi connectivity index (χ1) is 16.5. The number of carbonyl (C=O) groups excluding carboxylic acids is 3. The van der Waals surface area contributed by atoms with E-state index in [0.29, 0.717) is 12.0 Å². The highest BCUT2D eigenvalue weighted by Crippen LogP contribution is 2.31. The predicted molar refractivity (Wildman–Crippen MR) is 122 cm³/mol. The molecule has 9 nitrogen and oxygen atoms in total. The first kappa shape index (κ1) is 27.2. The quantitative estimate of drug-likeness (QED) is 0.281. The molecule has 0 aliphatic carbocycles. The van der Waals surface area contributed by atoms with Crippen molar-refractivity contribution in [1.29, 1.82) is 0 Å². The molecule has 0 aromatic heterocycles. The summed E-state index contributed by atoms with van der Waals surface area (Å²) in [6.45, 7) is 3.14. The van der Waals surface area contributed by atoms with Gasteiger partial charge in [0.1, 0.15) is 0 Å². The molecular weight excluding hydrogens is 469 g/mol. The molecule has 0 aliphatic heterocycles. The molecule has 0 radical (unpaired) electrons. The number of nitrogens with one attached hydrogen (secondary N) is 3. The molecule has 1 atom stereocenters. The van der Waals surface area contributed by atoms with Crippen LogP contribution in [-0.2, 0) is 20.6 Å². The Morgan fingerprint density at radius 1 is 1.09 bits per heavy atom. The monoisotopic (exact) mass is 494 g/mol. The maximum atomic E-state index is 12.8. The van der Waals surface area contributed by atoms with Crippen LogP contribution in [0.15, 0.2) is 47.6 Å². The highest BCUT2D eigenvalue weighted by Gasteiger charge is 2.30. The summed E-state index contributed by atoms with van der Waals surface area (Å²) in [6, 6.07) is 8.62. The topological polar surface area (TPSA) is 118 Å². The van der Waals surface area contributed by atoms with E-state index in [0.717, 1.165) is 12.1 Å². The van der Waals surface area contributed by atoms with Gasteiger partial charge in [0.2, 0.25) is 0 Å². The van der Waals surface area contributed by atoms with Crippen molar-refractivity contribution in [2.75, 3.05) is 19.0 Å². The Morgan fingerprint density at radius 3 is 2.49 bits per heavy atom. The number of alkyl halides is 3. The number of carbonyl (C=O) groups is 3. The van der Waals surface area contributed by atoms with Crippen molar-refractivity contribution in [1.82, 2.24) is 10.7 Å². The normalized spacial score (nSPS) is 12.1. The maximum Gasteiger partial charge on any atom is 0.416 e. The molecule has 3 N–H and O–H groups in total. The molecule has 188 valence electrons. The van der Waals surface area contributed by atoms with Gasteiger partial charge in [0.25, 0.3) is 5.91 Å². The first-order valence-corrected chi connectivity index (χ1v) is 10.4. The van der Waals surface area contributed by atoms with Crippen molar-refractivity contribution >= 4 is 29.6 Å². The molecule has 0 heterocycles. The minimum atomic E-state index is -4.53. The summed E-state index contributed by atoms with van der Waals surface area (Å²) >= 11 is 0. The SMILES string of the molecule is CC[C@@H](C)NC(=O)C(=O)N/N=C\c1ccc(OCC(=O)Nc2cccc(C(F)(F)F)c2)c(OC)c1. The first-order valence-electron chi connectivity index (χ1n) is 10.4. The van der Waals surface area contributed by atoms with Gasteiger partial charge < -0.3 is 20.1 Å². The molecule has 2 aromatic rings. The number of nitrogens with zero attached hydrogens (tertiary/aromatic N) is 1. The molecule has 0 fully saturated rings. The molecule has 3 amide bonds. The highest BCUT2D eigenvalue weighted by atomic mass is 19.4. The predicted octanol–water partition coefficient (Wildman–Crippen LogP) is 3.10. The number of rotatable bonds is 9. The Morgan fingerprint density at radius 2 is 1.83 bits per heavy atom. The fourth-order valence-corrected chi connectivity index (χ4v) is 2.60. The molecule has 0 saturated heterocycles. The number of methoxy groups -OCH3 is 1. The van der Waals surface area contributed by atoms with E-state index >= 15 is 0 Å². The summed E-state index contributed by atoms with van der Waals surface area (Å²) in [5.41, 5.74) is 1.69. The van der Waals surface area contributed by atoms with Crippen LogP contribution in [0.3, 0.4) is 0 Å². The smallest absolute Gasteiger partial charge is 0.416 e. The zero-order valence-corrected chi connectivity index (χ0v) is 19.2. The van der Waals surface area contributed by atoms with Crippen molar-refractivity contribution in [2.45, 2.75) is 32.5 Å². The molecule has 0 bridgehead atoms. The lowest BCUT2D eigenvalue weighted by Crippen LogP contribution is -2.41. The largest absolute Gasteiger partial charge is 0.493 e. The van der Waals surface area contributed by atoms with Crippen LogP contribution in [0, 0.1) is 0 Å². The van der Waals surface area contributed by atoms with E-state index in [2.05, 4.69) is 21.2 Å². The second kappa shape index (κ2) is 12.4. The summed E-state index contributed by atoms with van der Waals surface area (Å²) in [7, 11) is 1.37. The van der Waals surface area contributed by atoms with Crippen LogP contribution in [-0.4, -0.2) is 43.7 Å². The highest BCUT2D eigenvalue weighted by molar-refractivity contribution is 6.35. The number of halogens is 3. The van der Waals surface area contributed by atoms with Gasteiger partial charge in [0.15, 0.2) is 18.1 Å². The molecule has 2 aromatic carbocycles. The molecule has 0 spiro atoms. The summed E-state index contributed by atoms with van der Waals surface area (Å²) in [4.78, 5) is 35.5. The third kappa shape index (κ3) is 8.65. The van der Waals surface area contributed by atoms with Gasteiger partial charge in [0.05, 0.1) is 18.9 Å². The molecule has 0 aliphatic rings. The van der Waals surface area contributed by atoms with E-state index in [1.165, 1.54) is 37.6 Å². The third-order valence-corrected chi connectivity index (χ3v) is 4.60. The van der Waals surface area contributed by atoms with Gasteiger partial charge in [-0.25, -0.2) is 5.43 Å². The van der Waals surface area contributed by atoms with Crippen LogP contribution in [0.25, 0.3) is 0 Å². The second-order valence-electron chi connectivity index (χ2n) is 7.31. The van der Waals surface area contributed by atoms with Crippen LogP contribution >= 0.6 is 0 Å². The minimum Gasteiger partial charge on any atom is -0.493 e. The number of benzene rings is 2. The van der Waals surface area contributed by atoms with E-state index in [4.69, 9.17) is 9.47 Å². The van der Waals surface area contributed by atoms with Crippen LogP contribution in [0.2, 0.25) is 0 Å². The van der Waals surface area contributed by atoms with E-state index in [1.54, 1.807) is 13.0 Å². The zero-order valence-electron chi connectivity index (χ0n) is 19.2. The standard InChI is InChI=1S/C23H25F3N4O5/c1-4-14(2)28-21(32)22(33)30-27-12-15-8-9-18(19(10-15)34-3)35-13-20(31)29-17-7-5-6-16(11-17)23(24,25)26/h5-12,14H,4,13H2,1-3H3,(H,28,32)(H,29,31)(H,30,33)/b27-12-/t14-/m1/s1. The van der Waals surface area contributed by atoms with Gasteiger partial charge >= 0.3 is 18.0 Å². The van der Waals surface area contributed by atoms with E-state index in [-0.39, 0.29) is 23.2 Å². The minimum absolute atomic E-state index is 0.0215. The number of anilines is 1. The van der Waals surface area contributed by atoms with E-state index in [1.807, 2.05) is 6.92 Å². The summed E-state index contributed by atoms with van der Waals surface area (Å²) < 4.78 is 49.0. The van der Waals surface area contributed by atoms with Gasteiger partial charge in [-0.2, -0.15) is 18.3 Å². The Kier molecular flexibility index (Phi) is 9.62. The lowest BCUT2D eigenvalue weighted by atomic mass is 10.2. The number of ether oxygens (including phenoxy) is 2. The number of hydrogen-bond donors (Lipinski definition) is 3. The van der Waals surface area contributed by atoms with Crippen molar-refractivity contribution in [3.8, 4) is 11.5 Å². The Bertz CT molecular complexity index is 1090. The average molecular weight is 494 g/mol. The molecule has 2 rings (SSSR count). The molecule has 0 saturated carbocycles. The molecule has 0 unspecified atom stereocenters. The number of hydrazone groups is 1. The van der Waals surface area contributed by atoms with Crippen molar-refractivity contribution in [3.63, 3.8) is 0 Å². The number of hydrogen-bond acceptors (Lipinski definition) is 6. The second-order valence-corrected chi connectivity index (χ2v) is 7.31. The summed E-state index contributed by atoms with van der Waals surface area (Å²) in [6.07, 6.45) is -2.58. The fraction of sp³-hybridized carbons (Fsp3) is 0.304. The molecule has 12 heteroatoms. The van der Waals surface area contributed by atoms with Gasteiger partial charge in [-0.15, -0.1) is 0 Å². The van der Waals surface area contributed by atoms with E-state index < -0.39 is 36.1 Å². The van der Waals surface area contributed by atoms with Gasteiger partial charge in [0, 0.05) is 11.7 Å². The third-order valence-electron chi connectivity index (χ3n) is 4.60. The van der Waals surface area contributed by atoms with Crippen molar-refractivity contribution < 1.29 is 37.0 Å². The summed E-state index contributed by atoms with van der Waals surface area (Å²) in [5.74, 6) is -1.96. The van der Waals surface area contributed by atoms with Gasteiger partial charge in [-0.05, 0) is 55.3 Å². The zero-order chi connectivity index (χ0) is 26.0. The molecular formula is C23H25F3N4O5. The van der Waals surface area contributed by atoms with Crippen molar-refractivity contribution in [2.24, 2.45) is 5.10 Å². The maximum absolute atomic E-state index is 12.8. The fourth-order valence-electron chi connectivity index (χ4n) is 2.60. The lowest BCUT2D eigenvalue weighted by molar-refractivity contribution is -0.139. The van der Waals surface area contributed by atoms with Gasteiger partial charge in [-0.1, -0.05) is 13.0 Å². The van der Waals surface area contributed by atoms with Gasteiger partial charge in [-0.3, -0.25) is 14.4 Å². The van der Waals surface area contributed by atoms with E-state index in [9.17, 15) is 27.6 Å². The van der Waals surface area contributed by atoms with Crippen LogP contribution in [0.1, 0.15) is 31.4 Å². The van der Waals surface area contributed by atoms with Crippen LogP contribution < -0.4 is 25.5 Å². The summed E-state index contributed by atoms with van der Waals surface area (Å²) in [5, 5.41) is 8.57. The Labute approximate surface area is 199 Å². The Hall–Kier alpha value is -4.09. The molecule has 35 heavy (non-hydrogen) atoms. The lowest BCUT2D eigenvalue weighted by Gasteiger charge is -2.12. The van der Waals surface area contributed by atoms with Crippen LogP contribution in [0.5, 0.6) is 11.5 Å². The number of amides is 3. The Balaban J connectivity index is 1.94.